The molecule has 16 heavy (non-hydrogen) atoms. The van der Waals surface area contributed by atoms with Gasteiger partial charge in [0.1, 0.15) is 11.6 Å². The SMILES string of the molecule is CC(=O)CC(C)(C)SSC(C)(C)CC(C)=O. The molecule has 2 nitrogen and oxygen atoms in total. The van der Waals surface area contributed by atoms with Gasteiger partial charge in [0.05, 0.1) is 0 Å². The number of hydrogen-bond donors (Lipinski definition) is 0. The van der Waals surface area contributed by atoms with Crippen molar-refractivity contribution in [2.24, 2.45) is 0 Å². The van der Waals surface area contributed by atoms with Crippen LogP contribution in [0.3, 0.4) is 0 Å². The minimum Gasteiger partial charge on any atom is -0.300 e. The second-order valence-electron chi connectivity index (χ2n) is 5.44. The van der Waals surface area contributed by atoms with Crippen LogP contribution in [-0.2, 0) is 9.59 Å². The first-order valence-corrected chi connectivity index (χ1v) is 7.55. The van der Waals surface area contributed by atoms with E-state index in [0.717, 1.165) is 0 Å². The van der Waals surface area contributed by atoms with Crippen molar-refractivity contribution in [2.45, 2.75) is 63.9 Å². The van der Waals surface area contributed by atoms with Gasteiger partial charge in [0.25, 0.3) is 0 Å². The number of carbonyl (C=O) groups excluding carboxylic acids is 2. The van der Waals surface area contributed by atoms with E-state index >= 15 is 0 Å². The number of hydrogen-bond acceptors (Lipinski definition) is 4. The van der Waals surface area contributed by atoms with Crippen LogP contribution >= 0.6 is 21.6 Å². The van der Waals surface area contributed by atoms with Gasteiger partial charge in [-0.25, -0.2) is 0 Å². The lowest BCUT2D eigenvalue weighted by atomic mass is 10.1. The van der Waals surface area contributed by atoms with Gasteiger partial charge in [-0.05, 0) is 41.5 Å². The summed E-state index contributed by atoms with van der Waals surface area (Å²) in [5.74, 6) is 0.421. The fraction of sp³-hybridized carbons (Fsp3) is 0.833. The maximum atomic E-state index is 11.1. The van der Waals surface area contributed by atoms with Crippen molar-refractivity contribution in [1.29, 1.82) is 0 Å². The smallest absolute Gasteiger partial charge is 0.131 e. The zero-order chi connectivity index (χ0) is 13.0. The highest BCUT2D eigenvalue weighted by Gasteiger charge is 2.27. The van der Waals surface area contributed by atoms with Crippen LogP contribution in [0.2, 0.25) is 0 Å². The van der Waals surface area contributed by atoms with E-state index < -0.39 is 0 Å². The van der Waals surface area contributed by atoms with Crippen molar-refractivity contribution in [3.63, 3.8) is 0 Å². The molecule has 0 bridgehead atoms. The van der Waals surface area contributed by atoms with Gasteiger partial charge >= 0.3 is 0 Å². The molecule has 0 saturated heterocycles. The summed E-state index contributed by atoms with van der Waals surface area (Å²) in [6.07, 6.45) is 1.14. The van der Waals surface area contributed by atoms with Gasteiger partial charge in [-0.3, -0.25) is 9.59 Å². The second kappa shape index (κ2) is 6.10. The van der Waals surface area contributed by atoms with Crippen molar-refractivity contribution in [3.05, 3.63) is 0 Å². The minimum absolute atomic E-state index is 0.0649. The fourth-order valence-electron chi connectivity index (χ4n) is 1.48. The Balaban J connectivity index is 4.21. The van der Waals surface area contributed by atoms with Crippen molar-refractivity contribution >= 4 is 33.2 Å². The summed E-state index contributed by atoms with van der Waals surface area (Å²) in [5, 5.41) is 0. The summed E-state index contributed by atoms with van der Waals surface area (Å²) >= 11 is 0. The van der Waals surface area contributed by atoms with Crippen LogP contribution < -0.4 is 0 Å². The predicted molar refractivity (Wildman–Crippen MR) is 73.9 cm³/mol. The summed E-state index contributed by atoms with van der Waals surface area (Å²) in [5.41, 5.74) is 0. The molecule has 0 aromatic rings. The highest BCUT2D eigenvalue weighted by Crippen LogP contribution is 2.46. The summed E-state index contributed by atoms with van der Waals surface area (Å²) in [6, 6.07) is 0. The molecule has 0 aliphatic carbocycles. The molecule has 0 radical (unpaired) electrons. The predicted octanol–water partition coefficient (Wildman–Crippen LogP) is 3.88. The van der Waals surface area contributed by atoms with E-state index in [4.69, 9.17) is 0 Å². The Hall–Kier alpha value is 0.0400. The van der Waals surface area contributed by atoms with Gasteiger partial charge in [-0.1, -0.05) is 21.6 Å². The van der Waals surface area contributed by atoms with Crippen molar-refractivity contribution in [2.75, 3.05) is 0 Å². The number of ketones is 2. The van der Waals surface area contributed by atoms with Gasteiger partial charge in [0.2, 0.25) is 0 Å². The first-order chi connectivity index (χ1) is 7.04. The molecule has 0 unspecified atom stereocenters. The van der Waals surface area contributed by atoms with Gasteiger partial charge in [-0.15, -0.1) is 0 Å². The maximum Gasteiger partial charge on any atom is 0.131 e. The molecule has 0 fully saturated rings. The van der Waals surface area contributed by atoms with E-state index in [9.17, 15) is 9.59 Å². The van der Waals surface area contributed by atoms with Crippen molar-refractivity contribution < 1.29 is 9.59 Å². The monoisotopic (exact) mass is 262 g/mol. The van der Waals surface area contributed by atoms with E-state index in [2.05, 4.69) is 27.7 Å². The fourth-order valence-corrected chi connectivity index (χ4v) is 4.17. The van der Waals surface area contributed by atoms with Crippen molar-refractivity contribution in [3.8, 4) is 0 Å². The summed E-state index contributed by atoms with van der Waals surface area (Å²) in [4.78, 5) is 22.2. The molecular weight excluding hydrogens is 240 g/mol. The average Bonchev–Trinajstić information content (AvgIpc) is 1.96. The van der Waals surface area contributed by atoms with Crippen LogP contribution in [-0.4, -0.2) is 21.1 Å². The van der Waals surface area contributed by atoms with E-state index in [1.54, 1.807) is 35.4 Å². The molecule has 0 atom stereocenters. The van der Waals surface area contributed by atoms with Crippen molar-refractivity contribution in [1.82, 2.24) is 0 Å². The van der Waals surface area contributed by atoms with E-state index in [-0.39, 0.29) is 21.1 Å². The molecule has 94 valence electrons. The number of Topliss-reactive ketones (excluding diaryl/α,β-unsaturated/α-hetero) is 2. The third-order valence-electron chi connectivity index (χ3n) is 1.84. The zero-order valence-electron chi connectivity index (χ0n) is 11.0. The Morgan fingerprint density at radius 3 is 1.25 bits per heavy atom. The first kappa shape index (κ1) is 16.0. The second-order valence-corrected chi connectivity index (χ2v) is 8.99. The standard InChI is InChI=1S/C12H22O2S2/c1-9(13)7-11(3,4)15-16-12(5,6)8-10(2)14/h7-8H2,1-6H3. The molecular formula is C12H22O2S2. The van der Waals surface area contributed by atoms with Crippen LogP contribution in [0.5, 0.6) is 0 Å². The lowest BCUT2D eigenvalue weighted by Crippen LogP contribution is -2.22. The Morgan fingerprint density at radius 2 is 1.06 bits per heavy atom. The summed E-state index contributed by atoms with van der Waals surface area (Å²) in [6.45, 7) is 11.5. The van der Waals surface area contributed by atoms with E-state index in [0.29, 0.717) is 12.8 Å². The average molecular weight is 262 g/mol. The zero-order valence-corrected chi connectivity index (χ0v) is 12.7. The third-order valence-corrected chi connectivity index (χ3v) is 6.07. The molecule has 0 N–H and O–H groups in total. The lowest BCUT2D eigenvalue weighted by molar-refractivity contribution is -0.118. The Bertz CT molecular complexity index is 242. The normalized spacial score (nSPS) is 12.6. The molecule has 0 saturated carbocycles. The maximum absolute atomic E-state index is 11.1. The van der Waals surface area contributed by atoms with E-state index in [1.165, 1.54) is 0 Å². The molecule has 0 aromatic heterocycles. The van der Waals surface area contributed by atoms with E-state index in [1.807, 2.05) is 0 Å². The molecule has 0 aliphatic heterocycles. The summed E-state index contributed by atoms with van der Waals surface area (Å²) in [7, 11) is 3.40. The molecule has 0 aromatic carbocycles. The highest BCUT2D eigenvalue weighted by atomic mass is 33.1. The van der Waals surface area contributed by atoms with Crippen LogP contribution in [0.15, 0.2) is 0 Å². The topological polar surface area (TPSA) is 34.1 Å². The lowest BCUT2D eigenvalue weighted by Gasteiger charge is -2.28. The van der Waals surface area contributed by atoms with Crippen LogP contribution in [0.4, 0.5) is 0 Å². The van der Waals surface area contributed by atoms with Gasteiger partial charge in [0.15, 0.2) is 0 Å². The highest BCUT2D eigenvalue weighted by molar-refractivity contribution is 8.77. The van der Waals surface area contributed by atoms with Crippen LogP contribution in [0.25, 0.3) is 0 Å². The molecule has 0 rings (SSSR count). The number of carbonyl (C=O) groups is 2. The molecule has 0 amide bonds. The minimum atomic E-state index is -0.0649. The quantitative estimate of drug-likeness (QED) is 0.652. The molecule has 0 heterocycles. The Kier molecular flexibility index (Phi) is 6.12. The third kappa shape index (κ3) is 8.22. The molecule has 0 spiro atoms. The van der Waals surface area contributed by atoms with Crippen LogP contribution in [0, 0.1) is 0 Å². The number of rotatable bonds is 7. The largest absolute Gasteiger partial charge is 0.300 e. The van der Waals surface area contributed by atoms with Gasteiger partial charge in [-0.2, -0.15) is 0 Å². The van der Waals surface area contributed by atoms with Gasteiger partial charge < -0.3 is 0 Å². The summed E-state index contributed by atoms with van der Waals surface area (Å²) < 4.78 is -0.130. The van der Waals surface area contributed by atoms with Gasteiger partial charge in [0, 0.05) is 22.3 Å². The van der Waals surface area contributed by atoms with Crippen LogP contribution in [0.1, 0.15) is 54.4 Å². The molecule has 4 heteroatoms. The first-order valence-electron chi connectivity index (χ1n) is 5.40. The molecule has 0 aliphatic rings. The Labute approximate surface area is 107 Å². The Morgan fingerprint density at radius 1 is 0.812 bits per heavy atom.